The van der Waals surface area contributed by atoms with Gasteiger partial charge in [-0.15, -0.1) is 11.3 Å². The van der Waals surface area contributed by atoms with Crippen LogP contribution in [-0.2, 0) is 0 Å². The molecule has 1 N–H and O–H groups in total. The van der Waals surface area contributed by atoms with Crippen LogP contribution in [0.25, 0.3) is 0 Å². The maximum Gasteiger partial charge on any atom is 0.223 e. The van der Waals surface area contributed by atoms with Gasteiger partial charge in [-0.05, 0) is 30.0 Å². The van der Waals surface area contributed by atoms with Crippen LogP contribution in [0.2, 0.25) is 0 Å². The van der Waals surface area contributed by atoms with Crippen molar-refractivity contribution in [2.45, 2.75) is 13.0 Å². The Morgan fingerprint density at radius 1 is 1.00 bits per heavy atom. The summed E-state index contributed by atoms with van der Waals surface area (Å²) in [7, 11) is 0. The Labute approximate surface area is 122 Å². The molecular formula is C16H15N3S. The van der Waals surface area contributed by atoms with E-state index in [1.165, 1.54) is 16.0 Å². The lowest BCUT2D eigenvalue weighted by atomic mass is 10.0. The fourth-order valence-corrected chi connectivity index (χ4v) is 2.84. The van der Waals surface area contributed by atoms with Crippen molar-refractivity contribution in [2.24, 2.45) is 0 Å². The van der Waals surface area contributed by atoms with Gasteiger partial charge in [-0.25, -0.2) is 9.97 Å². The van der Waals surface area contributed by atoms with Crippen LogP contribution in [-0.4, -0.2) is 9.97 Å². The van der Waals surface area contributed by atoms with Crippen LogP contribution >= 0.6 is 11.3 Å². The van der Waals surface area contributed by atoms with Gasteiger partial charge in [-0.3, -0.25) is 0 Å². The standard InChI is InChI=1S/C16H15N3S/c1-12-5-7-13(8-6-12)15(14-4-2-11-20-14)19-16-17-9-3-10-18-16/h2-11,15H,1H3,(H,17,18,19). The van der Waals surface area contributed by atoms with Gasteiger partial charge in [0.25, 0.3) is 0 Å². The second kappa shape index (κ2) is 5.84. The number of nitrogens with zero attached hydrogens (tertiary/aromatic N) is 2. The molecule has 2 heterocycles. The van der Waals surface area contributed by atoms with Crippen molar-refractivity contribution in [3.05, 3.63) is 76.2 Å². The minimum atomic E-state index is 0.0815. The number of thiophene rings is 1. The molecule has 100 valence electrons. The Morgan fingerprint density at radius 3 is 2.40 bits per heavy atom. The van der Waals surface area contributed by atoms with Crippen molar-refractivity contribution < 1.29 is 0 Å². The predicted molar refractivity (Wildman–Crippen MR) is 83.0 cm³/mol. The molecule has 0 amide bonds. The highest BCUT2D eigenvalue weighted by molar-refractivity contribution is 7.10. The fourth-order valence-electron chi connectivity index (χ4n) is 2.04. The van der Waals surface area contributed by atoms with Gasteiger partial charge in [0.05, 0.1) is 6.04 Å². The average Bonchev–Trinajstić information content (AvgIpc) is 3.01. The van der Waals surface area contributed by atoms with Crippen molar-refractivity contribution in [1.29, 1.82) is 0 Å². The number of rotatable bonds is 4. The van der Waals surface area contributed by atoms with Gasteiger partial charge in [-0.1, -0.05) is 35.9 Å². The van der Waals surface area contributed by atoms with E-state index in [1.54, 1.807) is 23.7 Å². The normalized spacial score (nSPS) is 12.1. The number of aryl methyl sites for hydroxylation is 1. The SMILES string of the molecule is Cc1ccc(C(Nc2ncccn2)c2cccs2)cc1. The molecule has 0 bridgehead atoms. The summed E-state index contributed by atoms with van der Waals surface area (Å²) in [5.41, 5.74) is 2.47. The maximum atomic E-state index is 4.25. The molecule has 20 heavy (non-hydrogen) atoms. The van der Waals surface area contributed by atoms with Gasteiger partial charge in [0, 0.05) is 17.3 Å². The lowest BCUT2D eigenvalue weighted by Crippen LogP contribution is -2.13. The average molecular weight is 281 g/mol. The third-order valence-electron chi connectivity index (χ3n) is 3.08. The molecule has 0 saturated heterocycles. The molecule has 0 saturated carbocycles. The van der Waals surface area contributed by atoms with E-state index in [-0.39, 0.29) is 6.04 Å². The maximum absolute atomic E-state index is 4.25. The van der Waals surface area contributed by atoms with Gasteiger partial charge in [0.15, 0.2) is 0 Å². The Bertz CT molecular complexity index is 648. The molecule has 0 aliphatic rings. The summed E-state index contributed by atoms with van der Waals surface area (Å²) in [6.07, 6.45) is 3.49. The number of hydrogen-bond acceptors (Lipinski definition) is 4. The Morgan fingerprint density at radius 2 is 1.75 bits per heavy atom. The molecule has 1 unspecified atom stereocenters. The summed E-state index contributed by atoms with van der Waals surface area (Å²) >= 11 is 1.73. The summed E-state index contributed by atoms with van der Waals surface area (Å²) < 4.78 is 0. The minimum Gasteiger partial charge on any atom is -0.342 e. The number of benzene rings is 1. The fraction of sp³-hybridized carbons (Fsp3) is 0.125. The Balaban J connectivity index is 1.94. The van der Waals surface area contributed by atoms with Crippen molar-refractivity contribution in [3.63, 3.8) is 0 Å². The molecule has 0 radical (unpaired) electrons. The molecule has 3 nitrogen and oxygen atoms in total. The van der Waals surface area contributed by atoms with Crippen LogP contribution in [0, 0.1) is 6.92 Å². The van der Waals surface area contributed by atoms with Crippen molar-refractivity contribution >= 4 is 17.3 Å². The highest BCUT2D eigenvalue weighted by Gasteiger charge is 2.15. The zero-order chi connectivity index (χ0) is 13.8. The van der Waals surface area contributed by atoms with E-state index < -0.39 is 0 Å². The van der Waals surface area contributed by atoms with Crippen LogP contribution in [0.15, 0.2) is 60.2 Å². The summed E-state index contributed by atoms with van der Waals surface area (Å²) in [5.74, 6) is 0.645. The quantitative estimate of drug-likeness (QED) is 0.784. The summed E-state index contributed by atoms with van der Waals surface area (Å²) in [6.45, 7) is 2.09. The monoisotopic (exact) mass is 281 g/mol. The van der Waals surface area contributed by atoms with E-state index in [1.807, 2.05) is 6.07 Å². The van der Waals surface area contributed by atoms with E-state index in [4.69, 9.17) is 0 Å². The van der Waals surface area contributed by atoms with Crippen LogP contribution < -0.4 is 5.32 Å². The first kappa shape index (κ1) is 12.8. The molecule has 0 aliphatic carbocycles. The van der Waals surface area contributed by atoms with Crippen molar-refractivity contribution in [3.8, 4) is 0 Å². The lowest BCUT2D eigenvalue weighted by Gasteiger charge is -2.18. The van der Waals surface area contributed by atoms with Gasteiger partial charge >= 0.3 is 0 Å². The first-order chi connectivity index (χ1) is 9.83. The lowest BCUT2D eigenvalue weighted by molar-refractivity contribution is 0.927. The molecule has 3 aromatic rings. The highest BCUT2D eigenvalue weighted by Crippen LogP contribution is 2.28. The predicted octanol–water partition coefficient (Wildman–Crippen LogP) is 4.05. The van der Waals surface area contributed by atoms with Crippen LogP contribution in [0.4, 0.5) is 5.95 Å². The van der Waals surface area contributed by atoms with Crippen molar-refractivity contribution in [2.75, 3.05) is 5.32 Å². The highest BCUT2D eigenvalue weighted by atomic mass is 32.1. The number of anilines is 1. The Kier molecular flexibility index (Phi) is 3.74. The second-order valence-corrected chi connectivity index (χ2v) is 5.56. The van der Waals surface area contributed by atoms with E-state index in [2.05, 4.69) is 64.0 Å². The largest absolute Gasteiger partial charge is 0.342 e. The van der Waals surface area contributed by atoms with E-state index in [0.717, 1.165) is 0 Å². The van der Waals surface area contributed by atoms with E-state index in [0.29, 0.717) is 5.95 Å². The Hall–Kier alpha value is -2.20. The molecule has 1 aromatic carbocycles. The molecule has 3 rings (SSSR count). The van der Waals surface area contributed by atoms with Crippen LogP contribution in [0.1, 0.15) is 22.0 Å². The molecule has 1 atom stereocenters. The first-order valence-electron chi connectivity index (χ1n) is 6.46. The van der Waals surface area contributed by atoms with Crippen LogP contribution in [0.3, 0.4) is 0 Å². The van der Waals surface area contributed by atoms with E-state index in [9.17, 15) is 0 Å². The summed E-state index contributed by atoms with van der Waals surface area (Å²) in [4.78, 5) is 9.76. The first-order valence-corrected chi connectivity index (χ1v) is 7.34. The number of aromatic nitrogens is 2. The molecule has 4 heteroatoms. The summed E-state index contributed by atoms with van der Waals surface area (Å²) in [6, 6.07) is 14.6. The zero-order valence-corrected chi connectivity index (χ0v) is 12.0. The molecule has 2 aromatic heterocycles. The van der Waals surface area contributed by atoms with Crippen molar-refractivity contribution in [1.82, 2.24) is 9.97 Å². The van der Waals surface area contributed by atoms with E-state index >= 15 is 0 Å². The second-order valence-electron chi connectivity index (χ2n) is 4.58. The number of nitrogens with one attached hydrogen (secondary N) is 1. The van der Waals surface area contributed by atoms with Gasteiger partial charge < -0.3 is 5.32 Å². The molecule has 0 fully saturated rings. The zero-order valence-electron chi connectivity index (χ0n) is 11.2. The van der Waals surface area contributed by atoms with Gasteiger partial charge in [0.1, 0.15) is 0 Å². The molecule has 0 spiro atoms. The third-order valence-corrected chi connectivity index (χ3v) is 4.01. The minimum absolute atomic E-state index is 0.0815. The smallest absolute Gasteiger partial charge is 0.223 e. The third kappa shape index (κ3) is 2.86. The molecule has 0 aliphatic heterocycles. The topological polar surface area (TPSA) is 37.8 Å². The van der Waals surface area contributed by atoms with Crippen LogP contribution in [0.5, 0.6) is 0 Å². The number of hydrogen-bond donors (Lipinski definition) is 1. The van der Waals surface area contributed by atoms with Gasteiger partial charge in [-0.2, -0.15) is 0 Å². The molecular weight excluding hydrogens is 266 g/mol. The van der Waals surface area contributed by atoms with Gasteiger partial charge in [0.2, 0.25) is 5.95 Å². The summed E-state index contributed by atoms with van der Waals surface area (Å²) in [5, 5.41) is 5.49.